The maximum absolute atomic E-state index is 12.1. The molecule has 4 nitrogen and oxygen atoms in total. The van der Waals surface area contributed by atoms with Crippen molar-refractivity contribution in [3.8, 4) is 0 Å². The number of hydrogen-bond donors (Lipinski definition) is 2. The largest absolute Gasteiger partial charge is 0.355 e. The molecular weight excluding hydrogens is 321 g/mol. The van der Waals surface area contributed by atoms with Crippen molar-refractivity contribution < 1.29 is 4.79 Å². The zero-order valence-corrected chi connectivity index (χ0v) is 14.1. The molecule has 0 aliphatic heterocycles. The summed E-state index contributed by atoms with van der Waals surface area (Å²) in [6, 6.07) is 8.70. The lowest BCUT2D eigenvalue weighted by molar-refractivity contribution is 0.0914. The first-order chi connectivity index (χ1) is 10.2. The van der Waals surface area contributed by atoms with Crippen LogP contribution in [0.3, 0.4) is 0 Å². The molecule has 0 fully saturated rings. The number of nitrogens with one attached hydrogen (secondary N) is 2. The molecule has 0 spiro atoms. The number of aromatic nitrogens is 1. The van der Waals surface area contributed by atoms with E-state index in [1.807, 2.05) is 26.8 Å². The van der Waals surface area contributed by atoms with Crippen LogP contribution in [-0.4, -0.2) is 16.4 Å². The number of rotatable bonds is 3. The van der Waals surface area contributed by atoms with Crippen LogP contribution in [0.5, 0.6) is 0 Å². The molecule has 22 heavy (non-hydrogen) atoms. The topological polar surface area (TPSA) is 54.0 Å². The summed E-state index contributed by atoms with van der Waals surface area (Å²) < 4.78 is 0. The Morgan fingerprint density at radius 3 is 2.36 bits per heavy atom. The van der Waals surface area contributed by atoms with Crippen molar-refractivity contribution in [1.29, 1.82) is 0 Å². The van der Waals surface area contributed by atoms with Gasteiger partial charge in [0, 0.05) is 23.1 Å². The molecule has 0 radical (unpaired) electrons. The molecular formula is C16H17Cl2N3O. The van der Waals surface area contributed by atoms with Crippen LogP contribution in [0.25, 0.3) is 0 Å². The average molecular weight is 338 g/mol. The number of halogens is 2. The summed E-state index contributed by atoms with van der Waals surface area (Å²) in [5.41, 5.74) is 1.56. The Kier molecular flexibility index (Phi) is 4.94. The molecule has 2 rings (SSSR count). The molecule has 2 N–H and O–H groups in total. The van der Waals surface area contributed by atoms with Gasteiger partial charge in [-0.05, 0) is 51.1 Å². The lowest BCUT2D eigenvalue weighted by Crippen LogP contribution is -2.40. The van der Waals surface area contributed by atoms with Crippen LogP contribution < -0.4 is 10.6 Å². The fourth-order valence-corrected chi connectivity index (χ4v) is 2.08. The highest BCUT2D eigenvalue weighted by Crippen LogP contribution is 2.27. The third kappa shape index (κ3) is 4.61. The summed E-state index contributed by atoms with van der Waals surface area (Å²) in [7, 11) is 0. The van der Waals surface area contributed by atoms with Crippen LogP contribution in [0.1, 0.15) is 31.3 Å². The number of carbonyl (C=O) groups excluding carboxylic acids is 1. The maximum atomic E-state index is 12.1. The van der Waals surface area contributed by atoms with E-state index in [1.165, 1.54) is 0 Å². The summed E-state index contributed by atoms with van der Waals surface area (Å²) in [5, 5.41) is 7.00. The van der Waals surface area contributed by atoms with Crippen molar-refractivity contribution in [2.75, 3.05) is 5.32 Å². The van der Waals surface area contributed by atoms with Gasteiger partial charge in [0.05, 0.1) is 10.0 Å². The van der Waals surface area contributed by atoms with Gasteiger partial charge in [-0.2, -0.15) is 0 Å². The van der Waals surface area contributed by atoms with Crippen molar-refractivity contribution >= 4 is 40.5 Å². The Morgan fingerprint density at radius 2 is 1.73 bits per heavy atom. The maximum Gasteiger partial charge on any atom is 0.270 e. The van der Waals surface area contributed by atoms with Crippen molar-refractivity contribution in [2.45, 2.75) is 26.3 Å². The molecule has 0 unspecified atom stereocenters. The van der Waals surface area contributed by atoms with Gasteiger partial charge in [-0.15, -0.1) is 0 Å². The Hall–Kier alpha value is -1.78. The molecule has 6 heteroatoms. The van der Waals surface area contributed by atoms with Crippen molar-refractivity contribution in [3.05, 3.63) is 52.3 Å². The monoisotopic (exact) mass is 337 g/mol. The van der Waals surface area contributed by atoms with E-state index in [1.54, 1.807) is 30.5 Å². The van der Waals surface area contributed by atoms with Crippen LogP contribution >= 0.6 is 23.2 Å². The second kappa shape index (κ2) is 6.55. The fraction of sp³-hybridized carbons (Fsp3) is 0.250. The molecule has 0 saturated carbocycles. The highest BCUT2D eigenvalue weighted by molar-refractivity contribution is 6.42. The number of nitrogens with zero attached hydrogens (tertiary/aromatic N) is 1. The molecule has 0 saturated heterocycles. The first kappa shape index (κ1) is 16.6. The van der Waals surface area contributed by atoms with Gasteiger partial charge in [-0.1, -0.05) is 23.2 Å². The molecule has 0 aliphatic carbocycles. The second-order valence-corrected chi connectivity index (χ2v) is 6.70. The number of anilines is 2. The van der Waals surface area contributed by atoms with E-state index in [2.05, 4.69) is 15.6 Å². The van der Waals surface area contributed by atoms with Gasteiger partial charge < -0.3 is 10.6 Å². The molecule has 0 atom stereocenters. The van der Waals surface area contributed by atoms with Gasteiger partial charge in [0.2, 0.25) is 0 Å². The van der Waals surface area contributed by atoms with Crippen LogP contribution in [0, 0.1) is 0 Å². The van der Waals surface area contributed by atoms with Gasteiger partial charge in [0.15, 0.2) is 0 Å². The van der Waals surface area contributed by atoms with E-state index in [0.29, 0.717) is 15.7 Å². The van der Waals surface area contributed by atoms with E-state index in [0.717, 1.165) is 11.4 Å². The van der Waals surface area contributed by atoms with Crippen LogP contribution in [0.4, 0.5) is 11.4 Å². The minimum atomic E-state index is -0.314. The summed E-state index contributed by atoms with van der Waals surface area (Å²) >= 11 is 11.9. The Labute approximate surface area is 139 Å². The molecule has 1 amide bonds. The summed E-state index contributed by atoms with van der Waals surface area (Å²) in [6.07, 6.45) is 1.58. The highest BCUT2D eigenvalue weighted by atomic mass is 35.5. The average Bonchev–Trinajstić information content (AvgIpc) is 2.41. The van der Waals surface area contributed by atoms with Gasteiger partial charge in [0.1, 0.15) is 5.69 Å². The van der Waals surface area contributed by atoms with E-state index < -0.39 is 0 Å². The lowest BCUT2D eigenvalue weighted by atomic mass is 10.1. The minimum Gasteiger partial charge on any atom is -0.355 e. The zero-order valence-electron chi connectivity index (χ0n) is 12.6. The Bertz CT molecular complexity index is 696. The SMILES string of the molecule is CC(C)(C)NC(=O)c1cc(Nc2ccc(Cl)c(Cl)c2)ccn1. The normalized spacial score (nSPS) is 11.1. The van der Waals surface area contributed by atoms with Crippen LogP contribution in [-0.2, 0) is 0 Å². The third-order valence-electron chi connectivity index (χ3n) is 2.69. The van der Waals surface area contributed by atoms with E-state index in [-0.39, 0.29) is 11.4 Å². The minimum absolute atomic E-state index is 0.217. The fourth-order valence-electron chi connectivity index (χ4n) is 1.78. The van der Waals surface area contributed by atoms with Crippen LogP contribution in [0.15, 0.2) is 36.5 Å². The predicted molar refractivity (Wildman–Crippen MR) is 91.2 cm³/mol. The van der Waals surface area contributed by atoms with Gasteiger partial charge >= 0.3 is 0 Å². The zero-order chi connectivity index (χ0) is 16.3. The first-order valence-electron chi connectivity index (χ1n) is 6.75. The number of carbonyl (C=O) groups is 1. The smallest absolute Gasteiger partial charge is 0.270 e. The quantitative estimate of drug-likeness (QED) is 0.856. The molecule has 0 aliphatic rings. The predicted octanol–water partition coefficient (Wildman–Crippen LogP) is 4.66. The van der Waals surface area contributed by atoms with E-state index in [4.69, 9.17) is 23.2 Å². The first-order valence-corrected chi connectivity index (χ1v) is 7.51. The Morgan fingerprint density at radius 1 is 1.05 bits per heavy atom. The standard InChI is InChI=1S/C16H17Cl2N3O/c1-16(2,3)21-15(22)14-9-11(6-7-19-14)20-10-4-5-12(17)13(18)8-10/h4-9H,1-3H3,(H,19,20)(H,21,22). The van der Waals surface area contributed by atoms with Gasteiger partial charge in [-0.3, -0.25) is 9.78 Å². The number of benzene rings is 1. The second-order valence-electron chi connectivity index (χ2n) is 5.89. The van der Waals surface area contributed by atoms with Gasteiger partial charge in [0.25, 0.3) is 5.91 Å². The van der Waals surface area contributed by atoms with Crippen molar-refractivity contribution in [3.63, 3.8) is 0 Å². The number of hydrogen-bond acceptors (Lipinski definition) is 3. The highest BCUT2D eigenvalue weighted by Gasteiger charge is 2.16. The molecule has 116 valence electrons. The van der Waals surface area contributed by atoms with E-state index >= 15 is 0 Å². The van der Waals surface area contributed by atoms with Crippen molar-refractivity contribution in [1.82, 2.24) is 10.3 Å². The van der Waals surface area contributed by atoms with Crippen molar-refractivity contribution in [2.24, 2.45) is 0 Å². The van der Waals surface area contributed by atoms with Crippen LogP contribution in [0.2, 0.25) is 10.0 Å². The molecule has 1 aromatic carbocycles. The molecule has 0 bridgehead atoms. The molecule has 1 aromatic heterocycles. The lowest BCUT2D eigenvalue weighted by Gasteiger charge is -2.20. The summed E-state index contributed by atoms with van der Waals surface area (Å²) in [6.45, 7) is 5.76. The molecule has 1 heterocycles. The number of pyridine rings is 1. The van der Waals surface area contributed by atoms with Gasteiger partial charge in [-0.25, -0.2) is 0 Å². The molecule has 2 aromatic rings. The summed E-state index contributed by atoms with van der Waals surface area (Å²) in [4.78, 5) is 16.2. The number of amides is 1. The third-order valence-corrected chi connectivity index (χ3v) is 3.43. The van der Waals surface area contributed by atoms with E-state index in [9.17, 15) is 4.79 Å². The summed E-state index contributed by atoms with van der Waals surface area (Å²) in [5.74, 6) is -0.217. The Balaban J connectivity index is 2.17.